The maximum absolute atomic E-state index is 13.2. The maximum atomic E-state index is 13.2. The van der Waals surface area contributed by atoms with E-state index in [0.29, 0.717) is 10.9 Å². The highest BCUT2D eigenvalue weighted by Gasteiger charge is 2.11. The number of H-pyrrole nitrogens is 1. The predicted molar refractivity (Wildman–Crippen MR) is 93.9 cm³/mol. The normalized spacial score (nSPS) is 11.3. The summed E-state index contributed by atoms with van der Waals surface area (Å²) >= 11 is 0. The molecule has 1 amide bonds. The number of anilines is 1. The van der Waals surface area contributed by atoms with Crippen LogP contribution in [-0.4, -0.2) is 22.5 Å². The molecule has 0 atom stereocenters. The quantitative estimate of drug-likeness (QED) is 0.617. The van der Waals surface area contributed by atoms with Gasteiger partial charge in [-0.3, -0.25) is 4.79 Å². The molecule has 0 saturated heterocycles. The first-order valence-electron chi connectivity index (χ1n) is 7.70. The van der Waals surface area contributed by atoms with Gasteiger partial charge in [-0.05, 0) is 43.7 Å². The summed E-state index contributed by atoms with van der Waals surface area (Å²) in [7, 11) is 0. The first kappa shape index (κ1) is 16.6. The summed E-state index contributed by atoms with van der Waals surface area (Å²) < 4.78 is 13.2. The van der Waals surface area contributed by atoms with E-state index in [1.807, 2.05) is 32.0 Å². The Bertz CT molecular complexity index is 979. The number of amides is 1. The number of rotatable bonds is 4. The molecule has 0 aliphatic heterocycles. The summed E-state index contributed by atoms with van der Waals surface area (Å²) in [5, 5.41) is 20.8. The molecule has 25 heavy (non-hydrogen) atoms. The van der Waals surface area contributed by atoms with Gasteiger partial charge in [0.05, 0.1) is 12.1 Å². The van der Waals surface area contributed by atoms with E-state index in [1.54, 1.807) is 0 Å². The second-order valence-corrected chi connectivity index (χ2v) is 5.78. The molecule has 128 valence electrons. The Balaban J connectivity index is 1.71. The van der Waals surface area contributed by atoms with Gasteiger partial charge in [0, 0.05) is 11.1 Å². The zero-order valence-electron chi connectivity index (χ0n) is 13.8. The Kier molecular flexibility index (Phi) is 4.47. The predicted octanol–water partition coefficient (Wildman–Crippen LogP) is 4.35. The Morgan fingerprint density at radius 2 is 2.04 bits per heavy atom. The summed E-state index contributed by atoms with van der Waals surface area (Å²) in [6.45, 7) is 3.92. The fourth-order valence-corrected chi connectivity index (χ4v) is 2.57. The van der Waals surface area contributed by atoms with Crippen molar-refractivity contribution in [1.82, 2.24) is 4.98 Å². The standard InChI is InChI=1S/C18H17FN4O2/c1-10-3-6-14(11(2)7-10)20-9-16(24)22-23-17-13-5-4-12(19)8-15(13)21-18(17)25/h3-8,20-21,25H,9H2,1-2H3. The average Bonchev–Trinajstić information content (AvgIpc) is 2.86. The van der Waals surface area contributed by atoms with Crippen LogP contribution in [0.15, 0.2) is 46.6 Å². The van der Waals surface area contributed by atoms with E-state index in [4.69, 9.17) is 0 Å². The monoisotopic (exact) mass is 340 g/mol. The minimum absolute atomic E-state index is 0.0227. The zero-order chi connectivity index (χ0) is 18.0. The number of hydrogen-bond donors (Lipinski definition) is 3. The molecule has 0 saturated carbocycles. The van der Waals surface area contributed by atoms with Crippen molar-refractivity contribution in [3.05, 3.63) is 53.3 Å². The lowest BCUT2D eigenvalue weighted by atomic mass is 10.1. The van der Waals surface area contributed by atoms with Gasteiger partial charge in [-0.2, -0.15) is 0 Å². The van der Waals surface area contributed by atoms with E-state index in [9.17, 15) is 14.3 Å². The van der Waals surface area contributed by atoms with Crippen molar-refractivity contribution in [2.75, 3.05) is 11.9 Å². The molecule has 0 radical (unpaired) electrons. The molecule has 6 nitrogen and oxygen atoms in total. The minimum atomic E-state index is -0.490. The SMILES string of the molecule is Cc1ccc(NCC(=O)N=Nc2c(O)[nH]c3cc(F)ccc23)c(C)c1. The van der Waals surface area contributed by atoms with Crippen molar-refractivity contribution in [3.8, 4) is 5.88 Å². The highest BCUT2D eigenvalue weighted by molar-refractivity contribution is 5.94. The Hall–Kier alpha value is -3.22. The van der Waals surface area contributed by atoms with Crippen LogP contribution in [0.25, 0.3) is 10.9 Å². The number of fused-ring (bicyclic) bond motifs is 1. The van der Waals surface area contributed by atoms with Gasteiger partial charge in [-0.25, -0.2) is 4.39 Å². The number of carbonyl (C=O) groups is 1. The highest BCUT2D eigenvalue weighted by atomic mass is 19.1. The number of benzene rings is 2. The third-order valence-corrected chi connectivity index (χ3v) is 3.79. The van der Waals surface area contributed by atoms with E-state index in [1.165, 1.54) is 18.2 Å². The fourth-order valence-electron chi connectivity index (χ4n) is 2.57. The summed E-state index contributed by atoms with van der Waals surface area (Å²) in [6, 6.07) is 9.81. The second-order valence-electron chi connectivity index (χ2n) is 5.78. The first-order valence-corrected chi connectivity index (χ1v) is 7.70. The number of nitrogens with one attached hydrogen (secondary N) is 2. The van der Waals surface area contributed by atoms with Crippen LogP contribution in [-0.2, 0) is 4.79 Å². The molecule has 7 heteroatoms. The van der Waals surface area contributed by atoms with Gasteiger partial charge in [0.2, 0.25) is 5.88 Å². The number of aromatic amines is 1. The highest BCUT2D eigenvalue weighted by Crippen LogP contribution is 2.35. The van der Waals surface area contributed by atoms with Crippen LogP contribution in [0, 0.1) is 19.7 Å². The Morgan fingerprint density at radius 1 is 1.24 bits per heavy atom. The van der Waals surface area contributed by atoms with Gasteiger partial charge in [0.25, 0.3) is 5.91 Å². The van der Waals surface area contributed by atoms with Crippen LogP contribution >= 0.6 is 0 Å². The molecule has 3 aromatic rings. The van der Waals surface area contributed by atoms with Crippen molar-refractivity contribution in [2.24, 2.45) is 10.2 Å². The zero-order valence-corrected chi connectivity index (χ0v) is 13.8. The molecule has 2 aromatic carbocycles. The molecule has 0 unspecified atom stereocenters. The van der Waals surface area contributed by atoms with Gasteiger partial charge < -0.3 is 15.4 Å². The molecule has 0 spiro atoms. The van der Waals surface area contributed by atoms with Crippen molar-refractivity contribution >= 4 is 28.2 Å². The number of halogens is 1. The van der Waals surface area contributed by atoms with Crippen molar-refractivity contribution in [2.45, 2.75) is 13.8 Å². The number of hydrogen-bond acceptors (Lipinski definition) is 4. The summed E-state index contributed by atoms with van der Waals surface area (Å²) in [4.78, 5) is 14.5. The topological polar surface area (TPSA) is 89.8 Å². The van der Waals surface area contributed by atoms with Gasteiger partial charge in [-0.15, -0.1) is 10.2 Å². The molecule has 3 N–H and O–H groups in total. The summed E-state index contributed by atoms with van der Waals surface area (Å²) in [5.41, 5.74) is 3.50. The number of nitrogens with zero attached hydrogens (tertiary/aromatic N) is 2. The second kappa shape index (κ2) is 6.72. The number of carbonyl (C=O) groups excluding carboxylic acids is 1. The molecule has 0 fully saturated rings. The van der Waals surface area contributed by atoms with Gasteiger partial charge in [0.1, 0.15) is 5.82 Å². The van der Waals surface area contributed by atoms with E-state index in [2.05, 4.69) is 20.5 Å². The Labute approximate surface area is 143 Å². The lowest BCUT2D eigenvalue weighted by molar-refractivity contribution is -0.116. The average molecular weight is 340 g/mol. The van der Waals surface area contributed by atoms with Crippen LogP contribution < -0.4 is 5.32 Å². The lowest BCUT2D eigenvalue weighted by Crippen LogP contribution is -2.11. The van der Waals surface area contributed by atoms with Crippen molar-refractivity contribution in [3.63, 3.8) is 0 Å². The van der Waals surface area contributed by atoms with E-state index in [-0.39, 0.29) is 18.1 Å². The maximum Gasteiger partial charge on any atom is 0.283 e. The van der Waals surface area contributed by atoms with Crippen LogP contribution in [0.1, 0.15) is 11.1 Å². The number of aromatic hydroxyl groups is 1. The van der Waals surface area contributed by atoms with Crippen LogP contribution in [0.3, 0.4) is 0 Å². The number of aromatic nitrogens is 1. The number of aryl methyl sites for hydroxylation is 2. The van der Waals surface area contributed by atoms with Crippen LogP contribution in [0.2, 0.25) is 0 Å². The molecule has 0 bridgehead atoms. The van der Waals surface area contributed by atoms with Gasteiger partial charge in [-0.1, -0.05) is 17.7 Å². The lowest BCUT2D eigenvalue weighted by Gasteiger charge is -2.07. The van der Waals surface area contributed by atoms with Crippen LogP contribution in [0.5, 0.6) is 5.88 Å². The van der Waals surface area contributed by atoms with Gasteiger partial charge >= 0.3 is 0 Å². The summed E-state index contributed by atoms with van der Waals surface area (Å²) in [5.74, 6) is -1.19. The van der Waals surface area contributed by atoms with Crippen LogP contribution in [0.4, 0.5) is 15.8 Å². The molecule has 0 aliphatic rings. The smallest absolute Gasteiger partial charge is 0.283 e. The first-order chi connectivity index (χ1) is 11.9. The van der Waals surface area contributed by atoms with E-state index < -0.39 is 11.7 Å². The van der Waals surface area contributed by atoms with Crippen molar-refractivity contribution in [1.29, 1.82) is 0 Å². The fraction of sp³-hybridized carbons (Fsp3) is 0.167. The number of azo groups is 1. The third kappa shape index (κ3) is 3.65. The Morgan fingerprint density at radius 3 is 2.80 bits per heavy atom. The molecule has 1 aromatic heterocycles. The van der Waals surface area contributed by atoms with Gasteiger partial charge in [0.15, 0.2) is 5.69 Å². The van der Waals surface area contributed by atoms with Crippen molar-refractivity contribution < 1.29 is 14.3 Å². The third-order valence-electron chi connectivity index (χ3n) is 3.79. The molecule has 1 heterocycles. The molecular weight excluding hydrogens is 323 g/mol. The van der Waals surface area contributed by atoms with E-state index in [0.717, 1.165) is 16.8 Å². The largest absolute Gasteiger partial charge is 0.493 e. The molecule has 0 aliphatic carbocycles. The molecular formula is C18H17FN4O2. The molecule has 3 rings (SSSR count). The summed E-state index contributed by atoms with van der Waals surface area (Å²) in [6.07, 6.45) is 0. The van der Waals surface area contributed by atoms with E-state index >= 15 is 0 Å². The minimum Gasteiger partial charge on any atom is -0.493 e.